The second kappa shape index (κ2) is 6.63. The van der Waals surface area contributed by atoms with Gasteiger partial charge in [0.25, 0.3) is 0 Å². The topological polar surface area (TPSA) is 52.0 Å². The number of fused-ring (bicyclic) bond motifs is 1. The van der Waals surface area contributed by atoms with Gasteiger partial charge in [-0.2, -0.15) is 0 Å². The zero-order chi connectivity index (χ0) is 16.4. The zero-order valence-corrected chi connectivity index (χ0v) is 14.9. The van der Waals surface area contributed by atoms with Crippen molar-refractivity contribution in [2.75, 3.05) is 6.26 Å². The maximum absolute atomic E-state index is 11.8. The van der Waals surface area contributed by atoms with Crippen LogP contribution in [0, 0.1) is 5.92 Å². The van der Waals surface area contributed by atoms with Gasteiger partial charge in [-0.1, -0.05) is 32.6 Å². The summed E-state index contributed by atoms with van der Waals surface area (Å²) in [6.07, 6.45) is 11.5. The van der Waals surface area contributed by atoms with E-state index in [0.29, 0.717) is 4.90 Å². The summed E-state index contributed by atoms with van der Waals surface area (Å²) in [4.78, 5) is 4.81. The molecule has 1 saturated carbocycles. The van der Waals surface area contributed by atoms with Gasteiger partial charge in [0.05, 0.1) is 4.90 Å². The lowest BCUT2D eigenvalue weighted by atomic mass is 9.89. The molecule has 0 aromatic carbocycles. The van der Waals surface area contributed by atoms with E-state index in [4.69, 9.17) is 0 Å². The minimum Gasteiger partial charge on any atom is -0.329 e. The van der Waals surface area contributed by atoms with Gasteiger partial charge in [0.15, 0.2) is 9.84 Å². The number of aryl methyl sites for hydroxylation is 1. The normalized spacial score (nSPS) is 17.0. The van der Waals surface area contributed by atoms with Crippen LogP contribution in [0.5, 0.6) is 0 Å². The fraction of sp³-hybridized carbons (Fsp3) is 0.611. The van der Waals surface area contributed by atoms with E-state index in [9.17, 15) is 8.42 Å². The number of sulfone groups is 1. The minimum absolute atomic E-state index is 0.308. The Balaban J connectivity index is 2.01. The molecule has 0 N–H and O–H groups in total. The molecule has 3 rings (SSSR count). The van der Waals surface area contributed by atoms with Crippen molar-refractivity contribution in [1.82, 2.24) is 9.55 Å². The van der Waals surface area contributed by atoms with Crippen molar-refractivity contribution in [1.29, 1.82) is 0 Å². The first kappa shape index (κ1) is 16.5. The van der Waals surface area contributed by atoms with Crippen molar-refractivity contribution in [3.05, 3.63) is 24.0 Å². The van der Waals surface area contributed by atoms with E-state index in [1.54, 1.807) is 6.07 Å². The lowest BCUT2D eigenvalue weighted by Crippen LogP contribution is -2.16. The van der Waals surface area contributed by atoms with Gasteiger partial charge in [0, 0.05) is 30.1 Å². The van der Waals surface area contributed by atoms with Crippen molar-refractivity contribution in [3.63, 3.8) is 0 Å². The van der Waals surface area contributed by atoms with E-state index in [2.05, 4.69) is 22.5 Å². The van der Waals surface area contributed by atoms with Crippen molar-refractivity contribution in [2.24, 2.45) is 5.92 Å². The number of rotatable bonds is 5. The summed E-state index contributed by atoms with van der Waals surface area (Å²) in [5.41, 5.74) is 2.22. The molecule has 1 fully saturated rings. The van der Waals surface area contributed by atoms with Crippen LogP contribution in [0.2, 0.25) is 0 Å². The van der Waals surface area contributed by atoms with Gasteiger partial charge >= 0.3 is 0 Å². The Labute approximate surface area is 138 Å². The molecular weight excluding hydrogens is 308 g/mol. The number of nitrogens with zero attached hydrogens (tertiary/aromatic N) is 2. The lowest BCUT2D eigenvalue weighted by molar-refractivity contribution is 0.319. The number of hydrogen-bond acceptors (Lipinski definition) is 3. The Bertz CT molecular complexity index is 787. The molecule has 0 amide bonds. The summed E-state index contributed by atoms with van der Waals surface area (Å²) >= 11 is 0. The fourth-order valence-corrected chi connectivity index (χ4v) is 4.26. The molecule has 2 heterocycles. The van der Waals surface area contributed by atoms with Gasteiger partial charge in [0.2, 0.25) is 0 Å². The first-order valence-electron chi connectivity index (χ1n) is 8.67. The van der Waals surface area contributed by atoms with Crippen LogP contribution in [0.1, 0.15) is 51.1 Å². The third kappa shape index (κ3) is 3.60. The molecule has 0 atom stereocenters. The lowest BCUT2D eigenvalue weighted by Gasteiger charge is -2.23. The van der Waals surface area contributed by atoms with Crippen molar-refractivity contribution in [3.8, 4) is 0 Å². The molecule has 5 heteroatoms. The zero-order valence-electron chi connectivity index (χ0n) is 14.1. The number of hydrogen-bond donors (Lipinski definition) is 0. The van der Waals surface area contributed by atoms with E-state index >= 15 is 0 Å². The Kier molecular flexibility index (Phi) is 4.76. The molecule has 0 aliphatic heterocycles. The Morgan fingerprint density at radius 1 is 1.22 bits per heavy atom. The monoisotopic (exact) mass is 334 g/mol. The van der Waals surface area contributed by atoms with E-state index in [-0.39, 0.29) is 0 Å². The molecule has 0 saturated heterocycles. The highest BCUT2D eigenvalue weighted by atomic mass is 32.2. The van der Waals surface area contributed by atoms with Gasteiger partial charge in [-0.3, -0.25) is 0 Å². The molecule has 23 heavy (non-hydrogen) atoms. The van der Waals surface area contributed by atoms with E-state index < -0.39 is 9.84 Å². The van der Waals surface area contributed by atoms with E-state index in [1.807, 2.05) is 0 Å². The summed E-state index contributed by atoms with van der Waals surface area (Å²) in [7, 11) is -3.21. The van der Waals surface area contributed by atoms with Gasteiger partial charge in [-0.15, -0.1) is 0 Å². The summed E-state index contributed by atoms with van der Waals surface area (Å²) in [6, 6.07) is 3.90. The van der Waals surface area contributed by atoms with Gasteiger partial charge in [0.1, 0.15) is 5.65 Å². The third-order valence-corrected chi connectivity index (χ3v) is 5.97. The first-order valence-corrected chi connectivity index (χ1v) is 10.6. The van der Waals surface area contributed by atoms with Crippen LogP contribution >= 0.6 is 0 Å². The predicted molar refractivity (Wildman–Crippen MR) is 93.4 cm³/mol. The summed E-state index contributed by atoms with van der Waals surface area (Å²) in [5, 5.41) is 0.951. The van der Waals surface area contributed by atoms with E-state index in [1.165, 1.54) is 50.3 Å². The number of aromatic nitrogens is 2. The summed E-state index contributed by atoms with van der Waals surface area (Å²) in [5.74, 6) is 0.728. The molecule has 1 aliphatic rings. The standard InChI is InChI=1S/C18H26N2O2S/c1-3-7-16-10-15-11-17(23(2,21)22)12-19-18(15)20(16)13-14-8-5-4-6-9-14/h10-12,14H,3-9,13H2,1-2H3. The second-order valence-electron chi connectivity index (χ2n) is 6.86. The van der Waals surface area contributed by atoms with Crippen LogP contribution < -0.4 is 0 Å². The van der Waals surface area contributed by atoms with Crippen LogP contribution in [-0.4, -0.2) is 24.2 Å². The summed E-state index contributed by atoms with van der Waals surface area (Å²) in [6.45, 7) is 3.20. The van der Waals surface area contributed by atoms with Crippen molar-refractivity contribution >= 4 is 20.9 Å². The Hall–Kier alpha value is -1.36. The second-order valence-corrected chi connectivity index (χ2v) is 8.87. The molecule has 126 valence electrons. The first-order chi connectivity index (χ1) is 11.0. The SMILES string of the molecule is CCCc1cc2cc(S(C)(=O)=O)cnc2n1CC1CCCCC1. The smallest absolute Gasteiger partial charge is 0.177 e. The molecule has 4 nitrogen and oxygen atoms in total. The average Bonchev–Trinajstić information content (AvgIpc) is 2.85. The highest BCUT2D eigenvalue weighted by Gasteiger charge is 2.19. The Morgan fingerprint density at radius 3 is 2.61 bits per heavy atom. The van der Waals surface area contributed by atoms with Gasteiger partial charge < -0.3 is 4.57 Å². The molecule has 2 aromatic heterocycles. The van der Waals surface area contributed by atoms with Crippen LogP contribution in [0.3, 0.4) is 0 Å². The Morgan fingerprint density at radius 2 is 1.96 bits per heavy atom. The summed E-state index contributed by atoms with van der Waals surface area (Å²) < 4.78 is 25.9. The average molecular weight is 334 g/mol. The molecule has 0 radical (unpaired) electrons. The minimum atomic E-state index is -3.21. The number of pyridine rings is 1. The predicted octanol–water partition coefficient (Wildman–Crippen LogP) is 3.97. The van der Waals surface area contributed by atoms with Crippen LogP contribution in [0.25, 0.3) is 11.0 Å². The molecule has 0 unspecified atom stereocenters. The van der Waals surface area contributed by atoms with Crippen molar-refractivity contribution in [2.45, 2.75) is 63.3 Å². The van der Waals surface area contributed by atoms with Crippen LogP contribution in [0.15, 0.2) is 23.2 Å². The maximum Gasteiger partial charge on any atom is 0.177 e. The third-order valence-electron chi connectivity index (χ3n) is 4.89. The fourth-order valence-electron chi connectivity index (χ4n) is 3.68. The van der Waals surface area contributed by atoms with Crippen LogP contribution in [-0.2, 0) is 22.8 Å². The van der Waals surface area contributed by atoms with E-state index in [0.717, 1.165) is 36.3 Å². The van der Waals surface area contributed by atoms with Gasteiger partial charge in [-0.25, -0.2) is 13.4 Å². The maximum atomic E-state index is 11.8. The molecule has 2 aromatic rings. The molecule has 1 aliphatic carbocycles. The highest BCUT2D eigenvalue weighted by Crippen LogP contribution is 2.29. The largest absolute Gasteiger partial charge is 0.329 e. The highest BCUT2D eigenvalue weighted by molar-refractivity contribution is 7.90. The quantitative estimate of drug-likeness (QED) is 0.831. The molecular formula is C18H26N2O2S. The molecule has 0 spiro atoms. The van der Waals surface area contributed by atoms with Gasteiger partial charge in [-0.05, 0) is 37.3 Å². The van der Waals surface area contributed by atoms with Crippen LogP contribution in [0.4, 0.5) is 0 Å². The molecule has 0 bridgehead atoms. The van der Waals surface area contributed by atoms with Crippen molar-refractivity contribution < 1.29 is 8.42 Å².